The average molecular weight is 1150 g/mol. The number of carbonyl (C=O) groups is 1. The van der Waals surface area contributed by atoms with Crippen molar-refractivity contribution >= 4 is 64.7 Å². The number of alkyl halides is 3. The van der Waals surface area contributed by atoms with Gasteiger partial charge in [-0.2, -0.15) is 26.2 Å². The predicted molar refractivity (Wildman–Crippen MR) is 291 cm³/mol. The van der Waals surface area contributed by atoms with E-state index in [-0.39, 0.29) is 81.7 Å². The summed E-state index contributed by atoms with van der Waals surface area (Å²) in [6.07, 6.45) is 5.08. The molecule has 2 N–H and O–H groups in total. The number of amides is 1. The van der Waals surface area contributed by atoms with E-state index in [1.54, 1.807) is 18.2 Å². The molecule has 2 atom stereocenters. The number of allylic oxidation sites excluding steroid dienone is 4. The highest BCUT2D eigenvalue weighted by atomic mass is 32.2. The molecule has 17 nitrogen and oxygen atoms in total. The maximum Gasteiger partial charge on any atom is 0.471 e. The lowest BCUT2D eigenvalue weighted by Crippen LogP contribution is -2.37. The van der Waals surface area contributed by atoms with Gasteiger partial charge in [0, 0.05) is 71.9 Å². The molecular formula is C52H78F3N5O12P2S2. The smallest absolute Gasteiger partial charge is 0.471 e. The third-order valence-electron chi connectivity index (χ3n) is 13.1. The van der Waals surface area contributed by atoms with Gasteiger partial charge in [0.1, 0.15) is 13.2 Å². The van der Waals surface area contributed by atoms with Crippen molar-refractivity contribution in [2.24, 2.45) is 0 Å². The fourth-order valence-electron chi connectivity index (χ4n) is 9.38. The van der Waals surface area contributed by atoms with Crippen molar-refractivity contribution in [3.05, 3.63) is 88.9 Å². The minimum atomic E-state index is -5.02. The minimum Gasteiger partial charge on any atom is -0.748 e. The number of nitrogens with one attached hydrogen (secondary N) is 1. The van der Waals surface area contributed by atoms with Gasteiger partial charge in [0.15, 0.2) is 5.71 Å². The van der Waals surface area contributed by atoms with Crippen LogP contribution in [0, 0.1) is 6.57 Å². The van der Waals surface area contributed by atoms with Gasteiger partial charge in [-0.25, -0.2) is 19.7 Å². The van der Waals surface area contributed by atoms with Crippen LogP contribution in [0.2, 0.25) is 0 Å². The van der Waals surface area contributed by atoms with Crippen LogP contribution in [0.3, 0.4) is 0 Å². The molecule has 426 valence electrons. The van der Waals surface area contributed by atoms with E-state index in [0.717, 1.165) is 40.3 Å². The first-order chi connectivity index (χ1) is 35.5. The van der Waals surface area contributed by atoms with Crippen LogP contribution in [0.25, 0.3) is 4.85 Å². The van der Waals surface area contributed by atoms with Gasteiger partial charge in [0.2, 0.25) is 12.2 Å². The number of unbranched alkanes of at least 4 members (excludes halogenated alkanes) is 6. The second-order valence-corrected chi connectivity index (χ2v) is 27.0. The largest absolute Gasteiger partial charge is 0.748 e. The lowest BCUT2D eigenvalue weighted by molar-refractivity contribution is -0.438. The molecule has 0 spiro atoms. The summed E-state index contributed by atoms with van der Waals surface area (Å²) in [5, 5.41) is 2.09. The van der Waals surface area contributed by atoms with Crippen molar-refractivity contribution in [2.45, 2.75) is 149 Å². The van der Waals surface area contributed by atoms with E-state index < -0.39 is 65.0 Å². The number of anilines is 1. The molecule has 1 amide bonds. The van der Waals surface area contributed by atoms with E-state index >= 15 is 4.57 Å². The van der Waals surface area contributed by atoms with Gasteiger partial charge in [-0.05, 0) is 116 Å². The SMILES string of the molecule is [C-]#[N+]CCOP(OCCCCCCOP(=O)(OCCCCNC(=O)C(F)(F)F)c1ccc2c(c1)C(C)(C)C(=CC=CC1=[N+](CCCCS(=O)(=O)O)c3ccccc3C1(C)C)N2CCCCS(=O)(=O)[O-])N(C(C)C)C(C)C. The highest BCUT2D eigenvalue weighted by Gasteiger charge is 2.45. The van der Waals surface area contributed by atoms with Crippen molar-refractivity contribution in [1.82, 2.24) is 9.99 Å². The highest BCUT2D eigenvalue weighted by molar-refractivity contribution is 7.85. The number of nitrogens with zero attached hydrogens (tertiary/aromatic N) is 4. The summed E-state index contributed by atoms with van der Waals surface area (Å²) in [4.78, 5) is 16.8. The van der Waals surface area contributed by atoms with Gasteiger partial charge < -0.3 is 37.7 Å². The van der Waals surface area contributed by atoms with Crippen LogP contribution in [0.5, 0.6) is 0 Å². The molecule has 0 saturated heterocycles. The molecule has 2 aromatic rings. The first-order valence-corrected chi connectivity index (χ1v) is 31.8. The fraction of sp³-hybridized carbons (Fsp3) is 0.635. The molecule has 2 unspecified atom stereocenters. The van der Waals surface area contributed by atoms with E-state index in [9.17, 15) is 43.9 Å². The molecule has 0 aliphatic carbocycles. The summed E-state index contributed by atoms with van der Waals surface area (Å²) in [5.41, 5.74) is 4.15. The maximum absolute atomic E-state index is 15.0. The second kappa shape index (κ2) is 29.0. The van der Waals surface area contributed by atoms with Gasteiger partial charge in [0.25, 0.3) is 18.6 Å². The summed E-state index contributed by atoms with van der Waals surface area (Å²) in [6.45, 7) is 25.0. The molecule has 0 aromatic heterocycles. The number of para-hydroxylation sites is 1. The molecule has 0 fully saturated rings. The van der Waals surface area contributed by atoms with Crippen LogP contribution in [-0.4, -0.2) is 129 Å². The van der Waals surface area contributed by atoms with Gasteiger partial charge in [-0.1, -0.05) is 51.0 Å². The molecular weight excluding hydrogens is 1070 g/mol. The van der Waals surface area contributed by atoms with Crippen molar-refractivity contribution in [3.8, 4) is 0 Å². The Labute approximate surface area is 450 Å². The molecule has 2 aliphatic rings. The van der Waals surface area contributed by atoms with Gasteiger partial charge in [-0.15, -0.1) is 0 Å². The van der Waals surface area contributed by atoms with Crippen LogP contribution in [0.15, 0.2) is 66.4 Å². The summed E-state index contributed by atoms with van der Waals surface area (Å²) in [5.74, 6) is -2.93. The number of hydrogen-bond acceptors (Lipinski definition) is 13. The highest BCUT2D eigenvalue weighted by Crippen LogP contribution is 2.53. The van der Waals surface area contributed by atoms with Crippen LogP contribution >= 0.6 is 16.1 Å². The third kappa shape index (κ3) is 19.1. The lowest BCUT2D eigenvalue weighted by Gasteiger charge is -2.35. The van der Waals surface area contributed by atoms with E-state index in [0.29, 0.717) is 51.8 Å². The quantitative estimate of drug-likeness (QED) is 0.0220. The summed E-state index contributed by atoms with van der Waals surface area (Å²) in [6, 6.07) is 13.5. The topological polar surface area (TPSA) is 209 Å². The minimum absolute atomic E-state index is 0.0580. The average Bonchev–Trinajstić information content (AvgIpc) is 3.67. The normalized spacial score (nSPS) is 17.2. The zero-order chi connectivity index (χ0) is 56.5. The summed E-state index contributed by atoms with van der Waals surface area (Å²) in [7, 11) is -14.1. The molecule has 0 bridgehead atoms. The van der Waals surface area contributed by atoms with Crippen molar-refractivity contribution in [3.63, 3.8) is 0 Å². The van der Waals surface area contributed by atoms with Crippen molar-refractivity contribution < 1.29 is 71.1 Å². The molecule has 76 heavy (non-hydrogen) atoms. The molecule has 0 saturated carbocycles. The fourth-order valence-corrected chi connectivity index (χ4v) is 13.8. The van der Waals surface area contributed by atoms with Crippen LogP contribution in [0.1, 0.15) is 131 Å². The lowest BCUT2D eigenvalue weighted by atomic mass is 9.81. The zero-order valence-corrected chi connectivity index (χ0v) is 48.6. The van der Waals surface area contributed by atoms with Gasteiger partial charge in [0.05, 0.1) is 46.4 Å². The Kier molecular flexibility index (Phi) is 24.8. The molecule has 24 heteroatoms. The Morgan fingerprint density at radius 3 is 2.11 bits per heavy atom. The van der Waals surface area contributed by atoms with Crippen LogP contribution in [0.4, 0.5) is 24.5 Å². The molecule has 4 rings (SSSR count). The second-order valence-electron chi connectivity index (χ2n) is 20.4. The van der Waals surface area contributed by atoms with Crippen molar-refractivity contribution in [1.29, 1.82) is 0 Å². The third-order valence-corrected chi connectivity index (χ3v) is 18.7. The van der Waals surface area contributed by atoms with Crippen LogP contribution in [-0.2, 0) is 58.5 Å². The number of rotatable bonds is 34. The Hall–Kier alpha value is -3.58. The number of carbonyl (C=O) groups excluding carboxylic acids is 1. The first kappa shape index (κ1) is 64.9. The summed E-state index contributed by atoms with van der Waals surface area (Å²) >= 11 is 0. The molecule has 2 heterocycles. The van der Waals surface area contributed by atoms with E-state index in [4.69, 9.17) is 24.7 Å². The number of hydrogen-bond donors (Lipinski definition) is 2. The van der Waals surface area contributed by atoms with E-state index in [1.165, 1.54) is 0 Å². The molecule has 2 aliphatic heterocycles. The van der Waals surface area contributed by atoms with Crippen molar-refractivity contribution in [2.75, 3.05) is 69.0 Å². The first-order valence-electron chi connectivity index (χ1n) is 25.9. The Bertz CT molecular complexity index is 2670. The Balaban J connectivity index is 1.61. The monoisotopic (exact) mass is 1150 g/mol. The standard InChI is InChI=1S/C52H78F3N5O12P2S2/c1-40(2)60(41(3)4)73(70-36-30-56-9)69-33-17-10-11-18-34-71-74(62,72-35-19-14-29-57-49(61)52(53,54)55)42-27-28-46-44(39-42)51(7,8)48(59(46)32-16-21-38-76(66,67)68)26-22-25-47-50(5,6)43-23-12-13-24-45(43)58(47)31-15-20-37-75(63,64)65/h12-13,22-28,39-41H,10-11,14-21,29-38H2,1-8H3,(H2-,57,61,63,64,65,66,67,68). The van der Waals surface area contributed by atoms with Gasteiger partial charge >= 0.3 is 19.7 Å². The Morgan fingerprint density at radius 1 is 0.868 bits per heavy atom. The number of benzene rings is 2. The maximum atomic E-state index is 15.0. The van der Waals surface area contributed by atoms with E-state index in [2.05, 4.69) is 61.7 Å². The number of fused-ring (bicyclic) bond motifs is 2. The summed E-state index contributed by atoms with van der Waals surface area (Å²) < 4.78 is 149. The predicted octanol–water partition coefficient (Wildman–Crippen LogP) is 10.5. The number of halogens is 3. The van der Waals surface area contributed by atoms with E-state index in [1.807, 2.05) is 60.5 Å². The van der Waals surface area contributed by atoms with Crippen LogP contribution < -0.4 is 15.5 Å². The molecule has 0 radical (unpaired) electrons. The van der Waals surface area contributed by atoms with Gasteiger partial charge in [-0.3, -0.25) is 13.9 Å². The Morgan fingerprint density at radius 2 is 1.49 bits per heavy atom. The molecule has 2 aromatic carbocycles. The zero-order valence-electron chi connectivity index (χ0n) is 45.1.